The molecule has 1 aromatic heterocycles. The summed E-state index contributed by atoms with van der Waals surface area (Å²) in [4.78, 5) is 16.3. The van der Waals surface area contributed by atoms with Crippen molar-refractivity contribution >= 4 is 11.6 Å². The van der Waals surface area contributed by atoms with Gasteiger partial charge in [-0.1, -0.05) is 30.3 Å². The van der Waals surface area contributed by atoms with Crippen LogP contribution in [0.1, 0.15) is 56.5 Å². The Morgan fingerprint density at radius 1 is 1.35 bits per heavy atom. The van der Waals surface area contributed by atoms with E-state index >= 15 is 0 Å². The van der Waals surface area contributed by atoms with Gasteiger partial charge in [-0.25, -0.2) is 0 Å². The Balaban J connectivity index is 1.81. The van der Waals surface area contributed by atoms with E-state index in [1.807, 2.05) is 12.1 Å². The lowest BCUT2D eigenvalue weighted by molar-refractivity contribution is -0.116. The van der Waals surface area contributed by atoms with Crippen LogP contribution in [0.25, 0.3) is 0 Å². The van der Waals surface area contributed by atoms with Gasteiger partial charge in [0.1, 0.15) is 0 Å². The molecule has 0 aliphatic carbocycles. The highest BCUT2D eigenvalue weighted by Gasteiger charge is 2.11. The summed E-state index contributed by atoms with van der Waals surface area (Å²) in [6.45, 7) is 3.74. The number of carbonyl (C=O) groups excluding carboxylic acids is 1. The smallest absolute Gasteiger partial charge is 0.226 e. The molecule has 0 spiro atoms. The number of aliphatic hydroxyl groups is 1. The molecule has 124 valence electrons. The van der Waals surface area contributed by atoms with E-state index in [-0.39, 0.29) is 5.91 Å². The Morgan fingerprint density at radius 3 is 2.87 bits per heavy atom. The quantitative estimate of drug-likeness (QED) is 0.781. The molecule has 2 aromatic rings. The highest BCUT2D eigenvalue weighted by atomic mass is 16.5. The van der Waals surface area contributed by atoms with E-state index in [2.05, 4.69) is 22.4 Å². The number of nitrogens with zero attached hydrogens (tertiary/aromatic N) is 2. The maximum Gasteiger partial charge on any atom is 0.226 e. The van der Waals surface area contributed by atoms with Crippen molar-refractivity contribution in [1.29, 1.82) is 0 Å². The molecular weight excluding hydrogens is 294 g/mol. The molecule has 0 saturated carbocycles. The van der Waals surface area contributed by atoms with Gasteiger partial charge < -0.3 is 14.9 Å². The van der Waals surface area contributed by atoms with E-state index in [0.717, 1.165) is 18.7 Å². The average Bonchev–Trinajstić information content (AvgIpc) is 2.95. The van der Waals surface area contributed by atoms with Gasteiger partial charge in [-0.05, 0) is 25.8 Å². The summed E-state index contributed by atoms with van der Waals surface area (Å²) in [7, 11) is 0. The monoisotopic (exact) mass is 317 g/mol. The first-order valence-corrected chi connectivity index (χ1v) is 7.98. The molecule has 0 aliphatic heterocycles. The fraction of sp³-hybridized carbons (Fsp3) is 0.471. The number of rotatable bonds is 8. The molecule has 1 atom stereocenters. The molecule has 1 aromatic carbocycles. The molecule has 6 heteroatoms. The first kappa shape index (κ1) is 17.1. The van der Waals surface area contributed by atoms with Crippen molar-refractivity contribution in [2.24, 2.45) is 0 Å². The number of nitrogens with one attached hydrogen (secondary N) is 1. The van der Waals surface area contributed by atoms with Crippen LogP contribution in [0.4, 0.5) is 5.69 Å². The van der Waals surface area contributed by atoms with Crippen LogP contribution in [0.3, 0.4) is 0 Å². The van der Waals surface area contributed by atoms with Gasteiger partial charge in [0.15, 0.2) is 5.82 Å². The van der Waals surface area contributed by atoms with E-state index < -0.39 is 6.10 Å². The molecule has 1 unspecified atom stereocenters. The minimum Gasteiger partial charge on any atom is -0.389 e. The van der Waals surface area contributed by atoms with Crippen molar-refractivity contribution in [1.82, 2.24) is 10.1 Å². The number of carbonyl (C=O) groups is 1. The molecule has 6 nitrogen and oxygen atoms in total. The standard InChI is InChI=1S/C17H23N3O3/c1-3-7-15-19-17(23-20-15)11-6-10-16(22)18-14-9-5-4-8-13(14)12(2)21/h4-5,8-9,12,21H,3,6-7,10-11H2,1-2H3,(H,18,22). The Kier molecular flexibility index (Phi) is 6.29. The van der Waals surface area contributed by atoms with Gasteiger partial charge in [0.05, 0.1) is 6.10 Å². The van der Waals surface area contributed by atoms with Gasteiger partial charge in [-0.15, -0.1) is 0 Å². The van der Waals surface area contributed by atoms with Crippen LogP contribution in [0.15, 0.2) is 28.8 Å². The lowest BCUT2D eigenvalue weighted by atomic mass is 10.1. The topological polar surface area (TPSA) is 88.2 Å². The number of hydrogen-bond acceptors (Lipinski definition) is 5. The number of para-hydroxylation sites is 1. The normalized spacial score (nSPS) is 12.1. The van der Waals surface area contributed by atoms with Crippen LogP contribution in [0, 0.1) is 0 Å². The third-order valence-electron chi connectivity index (χ3n) is 3.46. The van der Waals surface area contributed by atoms with Crippen molar-refractivity contribution in [2.45, 2.75) is 52.1 Å². The third kappa shape index (κ3) is 5.17. The predicted molar refractivity (Wildman–Crippen MR) is 86.9 cm³/mol. The molecule has 0 saturated heterocycles. The summed E-state index contributed by atoms with van der Waals surface area (Å²) >= 11 is 0. The molecule has 0 radical (unpaired) electrons. The lowest BCUT2D eigenvalue weighted by Crippen LogP contribution is -2.13. The first-order valence-electron chi connectivity index (χ1n) is 7.98. The fourth-order valence-corrected chi connectivity index (χ4v) is 2.30. The van der Waals surface area contributed by atoms with Gasteiger partial charge in [-0.2, -0.15) is 4.98 Å². The second-order valence-corrected chi connectivity index (χ2v) is 5.52. The number of hydrogen-bond donors (Lipinski definition) is 2. The molecule has 1 heterocycles. The second kappa shape index (κ2) is 8.43. The van der Waals surface area contributed by atoms with Crippen molar-refractivity contribution < 1.29 is 14.4 Å². The molecule has 2 N–H and O–H groups in total. The summed E-state index contributed by atoms with van der Waals surface area (Å²) in [5, 5.41) is 16.4. The minimum atomic E-state index is -0.623. The van der Waals surface area contributed by atoms with Gasteiger partial charge in [-0.3, -0.25) is 4.79 Å². The van der Waals surface area contributed by atoms with Gasteiger partial charge in [0, 0.05) is 30.5 Å². The lowest BCUT2D eigenvalue weighted by Gasteiger charge is -2.12. The number of anilines is 1. The minimum absolute atomic E-state index is 0.0913. The van der Waals surface area contributed by atoms with E-state index in [1.54, 1.807) is 19.1 Å². The predicted octanol–water partition coefficient (Wildman–Crippen LogP) is 3.04. The Morgan fingerprint density at radius 2 is 2.13 bits per heavy atom. The molecule has 23 heavy (non-hydrogen) atoms. The molecule has 1 amide bonds. The van der Waals surface area contributed by atoms with E-state index in [4.69, 9.17) is 4.52 Å². The zero-order chi connectivity index (χ0) is 16.7. The van der Waals surface area contributed by atoms with Crippen LogP contribution in [-0.4, -0.2) is 21.2 Å². The van der Waals surface area contributed by atoms with Gasteiger partial charge in [0.25, 0.3) is 0 Å². The summed E-state index contributed by atoms with van der Waals surface area (Å²) in [5.41, 5.74) is 1.36. The summed E-state index contributed by atoms with van der Waals surface area (Å²) < 4.78 is 5.14. The number of benzene rings is 1. The second-order valence-electron chi connectivity index (χ2n) is 5.52. The Bertz CT molecular complexity index is 638. The summed E-state index contributed by atoms with van der Waals surface area (Å²) in [6.07, 6.45) is 2.74. The number of amides is 1. The number of aryl methyl sites for hydroxylation is 2. The van der Waals surface area contributed by atoms with Crippen molar-refractivity contribution in [3.63, 3.8) is 0 Å². The van der Waals surface area contributed by atoms with Crippen LogP contribution < -0.4 is 5.32 Å². The van der Waals surface area contributed by atoms with Crippen molar-refractivity contribution in [2.75, 3.05) is 5.32 Å². The van der Waals surface area contributed by atoms with Crippen LogP contribution in [0.2, 0.25) is 0 Å². The van der Waals surface area contributed by atoms with Gasteiger partial charge in [0.2, 0.25) is 11.8 Å². The molecule has 0 aliphatic rings. The van der Waals surface area contributed by atoms with E-state index in [1.165, 1.54) is 0 Å². The zero-order valence-corrected chi connectivity index (χ0v) is 13.6. The third-order valence-corrected chi connectivity index (χ3v) is 3.46. The van der Waals surface area contributed by atoms with Crippen LogP contribution in [0.5, 0.6) is 0 Å². The largest absolute Gasteiger partial charge is 0.389 e. The van der Waals surface area contributed by atoms with Crippen LogP contribution >= 0.6 is 0 Å². The highest BCUT2D eigenvalue weighted by Crippen LogP contribution is 2.22. The molecule has 0 bridgehead atoms. The van der Waals surface area contributed by atoms with Crippen molar-refractivity contribution in [3.8, 4) is 0 Å². The van der Waals surface area contributed by atoms with E-state index in [9.17, 15) is 9.90 Å². The van der Waals surface area contributed by atoms with Crippen molar-refractivity contribution in [3.05, 3.63) is 41.5 Å². The van der Waals surface area contributed by atoms with Crippen LogP contribution in [-0.2, 0) is 17.6 Å². The number of aliphatic hydroxyl groups excluding tert-OH is 1. The summed E-state index contributed by atoms with van der Waals surface area (Å²) in [6, 6.07) is 7.25. The maximum absolute atomic E-state index is 12.0. The van der Waals surface area contributed by atoms with Gasteiger partial charge >= 0.3 is 0 Å². The Hall–Kier alpha value is -2.21. The average molecular weight is 317 g/mol. The first-order chi connectivity index (χ1) is 11.1. The zero-order valence-electron chi connectivity index (χ0n) is 13.6. The summed E-state index contributed by atoms with van der Waals surface area (Å²) in [5.74, 6) is 1.20. The fourth-order valence-electron chi connectivity index (χ4n) is 2.30. The Labute approximate surface area is 135 Å². The van der Waals surface area contributed by atoms with E-state index in [0.29, 0.717) is 36.4 Å². The molecular formula is C17H23N3O3. The maximum atomic E-state index is 12.0. The molecule has 0 fully saturated rings. The highest BCUT2D eigenvalue weighted by molar-refractivity contribution is 5.91. The number of aromatic nitrogens is 2. The molecule has 2 rings (SSSR count). The SMILES string of the molecule is CCCc1noc(CCCC(=O)Nc2ccccc2C(C)O)n1.